The van der Waals surface area contributed by atoms with E-state index in [1.165, 1.54) is 64.7 Å². The summed E-state index contributed by atoms with van der Waals surface area (Å²) in [6.45, 7) is 7.90. The fourth-order valence-electron chi connectivity index (χ4n) is 4.16. The monoisotopic (exact) mass is 222 g/mol. The van der Waals surface area contributed by atoms with Gasteiger partial charge in [-0.1, -0.05) is 19.8 Å². The van der Waals surface area contributed by atoms with Gasteiger partial charge >= 0.3 is 0 Å². The summed E-state index contributed by atoms with van der Waals surface area (Å²) in [6, 6.07) is 1.82. The molecule has 3 unspecified atom stereocenters. The molecule has 0 radical (unpaired) electrons. The quantitative estimate of drug-likeness (QED) is 0.672. The molecule has 2 heterocycles. The number of nitrogens with zero attached hydrogens (tertiary/aromatic N) is 2. The first-order chi connectivity index (χ1) is 7.84. The summed E-state index contributed by atoms with van der Waals surface area (Å²) < 4.78 is 0. The molecule has 3 fully saturated rings. The molecule has 3 atom stereocenters. The Bertz CT molecular complexity index is 241. The van der Waals surface area contributed by atoms with E-state index in [-0.39, 0.29) is 0 Å². The van der Waals surface area contributed by atoms with Crippen molar-refractivity contribution in [1.82, 2.24) is 9.80 Å². The highest BCUT2D eigenvalue weighted by molar-refractivity contribution is 4.91. The van der Waals surface area contributed by atoms with Crippen LogP contribution in [-0.4, -0.2) is 48.1 Å². The van der Waals surface area contributed by atoms with Gasteiger partial charge in [-0.05, 0) is 38.1 Å². The average Bonchev–Trinajstić information content (AvgIpc) is 2.76. The van der Waals surface area contributed by atoms with Crippen LogP contribution in [0.15, 0.2) is 0 Å². The van der Waals surface area contributed by atoms with Gasteiger partial charge < -0.3 is 0 Å². The van der Waals surface area contributed by atoms with Crippen molar-refractivity contribution >= 4 is 0 Å². The Balaban J connectivity index is 1.62. The molecule has 2 heteroatoms. The van der Waals surface area contributed by atoms with Crippen molar-refractivity contribution in [2.45, 2.75) is 57.5 Å². The van der Waals surface area contributed by atoms with E-state index < -0.39 is 0 Å². The minimum atomic E-state index is 0.905. The summed E-state index contributed by atoms with van der Waals surface area (Å²) in [5.74, 6) is 0.946. The molecule has 2 nitrogen and oxygen atoms in total. The second-order valence-corrected chi connectivity index (χ2v) is 6.16. The van der Waals surface area contributed by atoms with E-state index in [2.05, 4.69) is 16.7 Å². The van der Waals surface area contributed by atoms with Gasteiger partial charge in [-0.2, -0.15) is 0 Å². The van der Waals surface area contributed by atoms with Crippen LogP contribution in [0.2, 0.25) is 0 Å². The molecular formula is C14H26N2. The highest BCUT2D eigenvalue weighted by atomic mass is 15.3. The summed E-state index contributed by atoms with van der Waals surface area (Å²) in [5, 5.41) is 0. The van der Waals surface area contributed by atoms with E-state index in [1.807, 2.05) is 0 Å². The fraction of sp³-hybridized carbons (Fsp3) is 1.00. The van der Waals surface area contributed by atoms with Gasteiger partial charge in [0.2, 0.25) is 0 Å². The molecule has 2 aliphatic heterocycles. The van der Waals surface area contributed by atoms with Crippen LogP contribution in [0.3, 0.4) is 0 Å². The van der Waals surface area contributed by atoms with Gasteiger partial charge in [0.25, 0.3) is 0 Å². The Morgan fingerprint density at radius 3 is 2.50 bits per heavy atom. The second kappa shape index (κ2) is 4.66. The second-order valence-electron chi connectivity index (χ2n) is 6.16. The summed E-state index contributed by atoms with van der Waals surface area (Å²) >= 11 is 0. The maximum Gasteiger partial charge on any atom is 0.0224 e. The number of hydrogen-bond donors (Lipinski definition) is 0. The first-order valence-corrected chi connectivity index (χ1v) is 7.32. The molecule has 3 aliphatic rings. The highest BCUT2D eigenvalue weighted by Gasteiger charge is 2.35. The van der Waals surface area contributed by atoms with E-state index in [9.17, 15) is 0 Å². The van der Waals surface area contributed by atoms with Crippen LogP contribution in [0.4, 0.5) is 0 Å². The molecule has 0 amide bonds. The largest absolute Gasteiger partial charge is 0.298 e. The third-order valence-corrected chi connectivity index (χ3v) is 5.15. The summed E-state index contributed by atoms with van der Waals surface area (Å²) in [7, 11) is 0. The minimum Gasteiger partial charge on any atom is -0.298 e. The van der Waals surface area contributed by atoms with E-state index in [0.717, 1.165) is 18.0 Å². The van der Waals surface area contributed by atoms with E-state index in [0.29, 0.717) is 0 Å². The molecule has 1 saturated carbocycles. The van der Waals surface area contributed by atoms with Crippen molar-refractivity contribution in [3.8, 4) is 0 Å². The first-order valence-electron chi connectivity index (χ1n) is 7.32. The van der Waals surface area contributed by atoms with Gasteiger partial charge in [0.05, 0.1) is 0 Å². The molecule has 0 spiro atoms. The van der Waals surface area contributed by atoms with Crippen molar-refractivity contribution < 1.29 is 0 Å². The van der Waals surface area contributed by atoms with Gasteiger partial charge in [0.1, 0.15) is 0 Å². The number of rotatable bonds is 1. The third kappa shape index (κ3) is 2.02. The van der Waals surface area contributed by atoms with Crippen LogP contribution in [0.1, 0.15) is 45.4 Å². The van der Waals surface area contributed by atoms with Gasteiger partial charge in [-0.3, -0.25) is 9.80 Å². The fourth-order valence-corrected chi connectivity index (χ4v) is 4.16. The Labute approximate surface area is 100.0 Å². The number of piperazine rings is 1. The zero-order chi connectivity index (χ0) is 11.0. The molecule has 16 heavy (non-hydrogen) atoms. The molecule has 0 bridgehead atoms. The molecule has 0 N–H and O–H groups in total. The topological polar surface area (TPSA) is 6.48 Å². The lowest BCUT2D eigenvalue weighted by Gasteiger charge is -2.45. The minimum absolute atomic E-state index is 0.905. The lowest BCUT2D eigenvalue weighted by Crippen LogP contribution is -2.55. The summed E-state index contributed by atoms with van der Waals surface area (Å²) in [5.41, 5.74) is 0. The molecule has 0 aromatic rings. The standard InChI is InChI=1S/C14H26N2/c1-12-5-2-3-7-14(12)16-10-9-15-8-4-6-13(15)11-16/h12-14H,2-11H2,1H3. The molecule has 2 saturated heterocycles. The smallest absolute Gasteiger partial charge is 0.0224 e. The lowest BCUT2D eigenvalue weighted by atomic mass is 9.84. The maximum absolute atomic E-state index is 2.83. The predicted molar refractivity (Wildman–Crippen MR) is 67.6 cm³/mol. The third-order valence-electron chi connectivity index (χ3n) is 5.15. The first kappa shape index (κ1) is 11.0. The Kier molecular flexibility index (Phi) is 3.21. The van der Waals surface area contributed by atoms with Crippen LogP contribution in [0.5, 0.6) is 0 Å². The van der Waals surface area contributed by atoms with E-state index in [1.54, 1.807) is 0 Å². The van der Waals surface area contributed by atoms with Crippen LogP contribution < -0.4 is 0 Å². The zero-order valence-electron chi connectivity index (χ0n) is 10.7. The predicted octanol–water partition coefficient (Wildman–Crippen LogP) is 2.35. The summed E-state index contributed by atoms with van der Waals surface area (Å²) in [4.78, 5) is 5.56. The van der Waals surface area contributed by atoms with E-state index >= 15 is 0 Å². The van der Waals surface area contributed by atoms with Gasteiger partial charge in [0.15, 0.2) is 0 Å². The Morgan fingerprint density at radius 1 is 0.812 bits per heavy atom. The number of fused-ring (bicyclic) bond motifs is 1. The maximum atomic E-state index is 2.83. The molecule has 92 valence electrons. The molecule has 0 aromatic heterocycles. The van der Waals surface area contributed by atoms with Crippen LogP contribution in [0.25, 0.3) is 0 Å². The average molecular weight is 222 g/mol. The van der Waals surface area contributed by atoms with Crippen molar-refractivity contribution in [2.75, 3.05) is 26.2 Å². The summed E-state index contributed by atoms with van der Waals surface area (Å²) in [6.07, 6.45) is 8.78. The van der Waals surface area contributed by atoms with Crippen LogP contribution >= 0.6 is 0 Å². The zero-order valence-corrected chi connectivity index (χ0v) is 10.7. The van der Waals surface area contributed by atoms with Gasteiger partial charge in [0, 0.05) is 31.7 Å². The highest BCUT2D eigenvalue weighted by Crippen LogP contribution is 2.31. The normalized spacial score (nSPS) is 42.2. The Morgan fingerprint density at radius 2 is 1.62 bits per heavy atom. The molecular weight excluding hydrogens is 196 g/mol. The Hall–Kier alpha value is -0.0800. The SMILES string of the molecule is CC1CCCCC1N1CCN2CCCC2C1. The van der Waals surface area contributed by atoms with Crippen molar-refractivity contribution in [3.05, 3.63) is 0 Å². The molecule has 3 rings (SSSR count). The van der Waals surface area contributed by atoms with Crippen LogP contribution in [0, 0.1) is 5.92 Å². The van der Waals surface area contributed by atoms with Crippen molar-refractivity contribution in [2.24, 2.45) is 5.92 Å². The number of hydrogen-bond acceptors (Lipinski definition) is 2. The lowest BCUT2D eigenvalue weighted by molar-refractivity contribution is 0.0362. The van der Waals surface area contributed by atoms with Crippen LogP contribution in [-0.2, 0) is 0 Å². The van der Waals surface area contributed by atoms with Crippen molar-refractivity contribution in [1.29, 1.82) is 0 Å². The van der Waals surface area contributed by atoms with Gasteiger partial charge in [-0.15, -0.1) is 0 Å². The van der Waals surface area contributed by atoms with Gasteiger partial charge in [-0.25, -0.2) is 0 Å². The molecule has 1 aliphatic carbocycles. The van der Waals surface area contributed by atoms with Crippen molar-refractivity contribution in [3.63, 3.8) is 0 Å². The van der Waals surface area contributed by atoms with E-state index in [4.69, 9.17) is 0 Å². The molecule has 0 aromatic carbocycles.